The third-order valence-electron chi connectivity index (χ3n) is 3.88. The molecule has 0 heterocycles. The molecular weight excluding hydrogens is 300 g/mol. The molecular formula is C20H24N2O2. The zero-order chi connectivity index (χ0) is 17.6. The third kappa shape index (κ3) is 5.03. The van der Waals surface area contributed by atoms with Crippen molar-refractivity contribution < 1.29 is 9.59 Å². The molecule has 0 radical (unpaired) electrons. The van der Waals surface area contributed by atoms with E-state index in [1.165, 1.54) is 0 Å². The minimum Gasteiger partial charge on any atom is -0.350 e. The van der Waals surface area contributed by atoms with E-state index in [1.807, 2.05) is 68.4 Å². The minimum atomic E-state index is -0.447. The fourth-order valence-electron chi connectivity index (χ4n) is 2.34. The molecule has 2 aromatic rings. The lowest BCUT2D eigenvalue weighted by atomic mass is 10.0. The zero-order valence-electron chi connectivity index (χ0n) is 14.2. The quantitative estimate of drug-likeness (QED) is 0.768. The van der Waals surface area contributed by atoms with E-state index in [0.29, 0.717) is 12.1 Å². The zero-order valence-corrected chi connectivity index (χ0v) is 14.2. The van der Waals surface area contributed by atoms with Crippen molar-refractivity contribution in [2.75, 3.05) is 6.54 Å². The molecule has 126 valence electrons. The van der Waals surface area contributed by atoms with Gasteiger partial charge in [-0.3, -0.25) is 9.59 Å². The SMILES string of the molecule is CC(C)(CN)NC(=O)CCC(=O)c1ccc(-c2ccccc2)cc1. The van der Waals surface area contributed by atoms with Crippen molar-refractivity contribution in [2.24, 2.45) is 5.73 Å². The first-order valence-corrected chi connectivity index (χ1v) is 8.11. The van der Waals surface area contributed by atoms with E-state index in [4.69, 9.17) is 5.73 Å². The van der Waals surface area contributed by atoms with E-state index in [9.17, 15) is 9.59 Å². The second-order valence-corrected chi connectivity index (χ2v) is 6.50. The Balaban J connectivity index is 1.92. The number of nitrogens with one attached hydrogen (secondary N) is 1. The Bertz CT molecular complexity index is 691. The summed E-state index contributed by atoms with van der Waals surface area (Å²) in [4.78, 5) is 24.1. The monoisotopic (exact) mass is 324 g/mol. The van der Waals surface area contributed by atoms with Gasteiger partial charge < -0.3 is 11.1 Å². The molecule has 0 aliphatic heterocycles. The van der Waals surface area contributed by atoms with Crippen molar-refractivity contribution in [1.29, 1.82) is 0 Å². The minimum absolute atomic E-state index is 0.0321. The average Bonchev–Trinajstić information content (AvgIpc) is 2.60. The number of carbonyl (C=O) groups excluding carboxylic acids is 2. The Labute approximate surface area is 143 Å². The number of nitrogens with two attached hydrogens (primary N) is 1. The number of rotatable bonds is 7. The van der Waals surface area contributed by atoms with E-state index >= 15 is 0 Å². The number of Topliss-reactive ketones (excluding diaryl/α,β-unsaturated/α-hetero) is 1. The van der Waals surface area contributed by atoms with Gasteiger partial charge in [0.05, 0.1) is 0 Å². The predicted molar refractivity (Wildman–Crippen MR) is 96.7 cm³/mol. The standard InChI is InChI=1S/C20H24N2O2/c1-20(2,14-21)22-19(24)13-12-18(23)17-10-8-16(9-11-17)15-6-4-3-5-7-15/h3-11H,12-14,21H2,1-2H3,(H,22,24). The van der Waals surface area contributed by atoms with Gasteiger partial charge in [-0.25, -0.2) is 0 Å². The molecule has 24 heavy (non-hydrogen) atoms. The molecule has 0 unspecified atom stereocenters. The van der Waals surface area contributed by atoms with Gasteiger partial charge in [0.15, 0.2) is 5.78 Å². The smallest absolute Gasteiger partial charge is 0.220 e. The Morgan fingerprint density at radius 1 is 0.917 bits per heavy atom. The van der Waals surface area contributed by atoms with Crippen molar-refractivity contribution in [2.45, 2.75) is 32.2 Å². The lowest BCUT2D eigenvalue weighted by Gasteiger charge is -2.24. The number of amides is 1. The molecule has 0 aliphatic rings. The largest absolute Gasteiger partial charge is 0.350 e. The fourth-order valence-corrected chi connectivity index (χ4v) is 2.34. The van der Waals surface area contributed by atoms with Gasteiger partial charge >= 0.3 is 0 Å². The summed E-state index contributed by atoms with van der Waals surface area (Å²) in [6.07, 6.45) is 0.361. The van der Waals surface area contributed by atoms with Crippen LogP contribution < -0.4 is 11.1 Å². The maximum absolute atomic E-state index is 12.2. The fraction of sp³-hybridized carbons (Fsp3) is 0.300. The van der Waals surface area contributed by atoms with Crippen LogP contribution in [0.25, 0.3) is 11.1 Å². The van der Waals surface area contributed by atoms with Crippen LogP contribution in [0.1, 0.15) is 37.0 Å². The van der Waals surface area contributed by atoms with Crippen molar-refractivity contribution in [3.05, 3.63) is 60.2 Å². The van der Waals surface area contributed by atoms with Crippen LogP contribution in [-0.2, 0) is 4.79 Å². The topological polar surface area (TPSA) is 72.2 Å². The maximum Gasteiger partial charge on any atom is 0.220 e. The summed E-state index contributed by atoms with van der Waals surface area (Å²) in [6.45, 7) is 4.07. The van der Waals surface area contributed by atoms with Crippen LogP contribution in [0, 0.1) is 0 Å². The summed E-state index contributed by atoms with van der Waals surface area (Å²) in [7, 11) is 0. The van der Waals surface area contributed by atoms with Crippen LogP contribution in [0.2, 0.25) is 0 Å². The molecule has 0 fully saturated rings. The number of hydrogen-bond acceptors (Lipinski definition) is 3. The molecule has 0 aliphatic carbocycles. The molecule has 0 spiro atoms. The molecule has 0 saturated heterocycles. The summed E-state index contributed by atoms with van der Waals surface area (Å²) in [6, 6.07) is 17.5. The second kappa shape index (κ2) is 7.88. The Hall–Kier alpha value is -2.46. The van der Waals surface area contributed by atoms with Crippen LogP contribution in [-0.4, -0.2) is 23.8 Å². The van der Waals surface area contributed by atoms with Crippen molar-refractivity contribution in [3.8, 4) is 11.1 Å². The van der Waals surface area contributed by atoms with Crippen LogP contribution >= 0.6 is 0 Å². The van der Waals surface area contributed by atoms with Gasteiger partial charge in [-0.05, 0) is 25.0 Å². The van der Waals surface area contributed by atoms with Gasteiger partial charge in [0.1, 0.15) is 0 Å². The maximum atomic E-state index is 12.2. The average molecular weight is 324 g/mol. The van der Waals surface area contributed by atoms with Gasteiger partial charge in [0.2, 0.25) is 5.91 Å². The molecule has 0 atom stereocenters. The predicted octanol–water partition coefficient (Wildman–Crippen LogP) is 3.17. The van der Waals surface area contributed by atoms with E-state index in [-0.39, 0.29) is 24.5 Å². The summed E-state index contributed by atoms with van der Waals surface area (Å²) < 4.78 is 0. The highest BCUT2D eigenvalue weighted by atomic mass is 16.2. The Morgan fingerprint density at radius 3 is 2.08 bits per heavy atom. The van der Waals surface area contributed by atoms with Gasteiger partial charge in [-0.2, -0.15) is 0 Å². The highest BCUT2D eigenvalue weighted by molar-refractivity contribution is 5.98. The third-order valence-corrected chi connectivity index (χ3v) is 3.88. The Morgan fingerprint density at radius 2 is 1.50 bits per heavy atom. The van der Waals surface area contributed by atoms with Crippen LogP contribution in [0.5, 0.6) is 0 Å². The van der Waals surface area contributed by atoms with Crippen LogP contribution in [0.4, 0.5) is 0 Å². The summed E-state index contributed by atoms with van der Waals surface area (Å²) >= 11 is 0. The van der Waals surface area contributed by atoms with Crippen molar-refractivity contribution in [3.63, 3.8) is 0 Å². The van der Waals surface area contributed by atoms with E-state index in [0.717, 1.165) is 11.1 Å². The van der Waals surface area contributed by atoms with E-state index in [1.54, 1.807) is 0 Å². The summed E-state index contributed by atoms with van der Waals surface area (Å²) in [5.41, 5.74) is 7.94. The van der Waals surface area contributed by atoms with Gasteiger partial charge in [0, 0.05) is 30.5 Å². The van der Waals surface area contributed by atoms with E-state index < -0.39 is 5.54 Å². The van der Waals surface area contributed by atoms with Crippen molar-refractivity contribution >= 4 is 11.7 Å². The van der Waals surface area contributed by atoms with Crippen LogP contribution in [0.3, 0.4) is 0 Å². The second-order valence-electron chi connectivity index (χ2n) is 6.50. The lowest BCUT2D eigenvalue weighted by molar-refractivity contribution is -0.122. The molecule has 0 aromatic heterocycles. The number of benzene rings is 2. The van der Waals surface area contributed by atoms with E-state index in [2.05, 4.69) is 5.32 Å². The lowest BCUT2D eigenvalue weighted by Crippen LogP contribution is -2.48. The first kappa shape index (κ1) is 17.9. The molecule has 2 rings (SSSR count). The normalized spacial score (nSPS) is 11.1. The number of hydrogen-bond donors (Lipinski definition) is 2. The Kier molecular flexibility index (Phi) is 5.88. The molecule has 0 saturated carbocycles. The summed E-state index contributed by atoms with van der Waals surface area (Å²) in [5.74, 6) is -0.185. The molecule has 4 heteroatoms. The molecule has 2 aromatic carbocycles. The molecule has 3 N–H and O–H groups in total. The summed E-state index contributed by atoms with van der Waals surface area (Å²) in [5, 5.41) is 2.83. The highest BCUT2D eigenvalue weighted by Gasteiger charge is 2.18. The molecule has 4 nitrogen and oxygen atoms in total. The van der Waals surface area contributed by atoms with Gasteiger partial charge in [0.25, 0.3) is 0 Å². The first-order valence-electron chi connectivity index (χ1n) is 8.11. The number of ketones is 1. The highest BCUT2D eigenvalue weighted by Crippen LogP contribution is 2.20. The first-order chi connectivity index (χ1) is 11.4. The van der Waals surface area contributed by atoms with Crippen molar-refractivity contribution in [1.82, 2.24) is 5.32 Å². The van der Waals surface area contributed by atoms with Gasteiger partial charge in [-0.1, -0.05) is 54.6 Å². The van der Waals surface area contributed by atoms with Gasteiger partial charge in [-0.15, -0.1) is 0 Å². The molecule has 1 amide bonds. The number of carbonyl (C=O) groups is 2. The molecule has 0 bridgehead atoms. The van der Waals surface area contributed by atoms with Crippen LogP contribution in [0.15, 0.2) is 54.6 Å².